The molecule has 0 aromatic heterocycles. The molecule has 0 saturated heterocycles. The fourth-order valence-corrected chi connectivity index (χ4v) is 3.37. The molecule has 148 valence electrons. The molecule has 1 aliphatic rings. The number of carbonyl (C=O) groups is 2. The molecule has 0 radical (unpaired) electrons. The Hall–Kier alpha value is -2.77. The Bertz CT molecular complexity index is 929. The van der Waals surface area contributed by atoms with Gasteiger partial charge in [-0.2, -0.15) is 0 Å². The third-order valence-corrected chi connectivity index (χ3v) is 4.95. The minimum absolute atomic E-state index is 0.432. The van der Waals surface area contributed by atoms with Crippen LogP contribution in [0.25, 0.3) is 0 Å². The number of aryl methyl sites for hydroxylation is 1. The van der Waals surface area contributed by atoms with E-state index in [0.29, 0.717) is 33.3 Å². The van der Waals surface area contributed by atoms with Crippen LogP contribution in [-0.4, -0.2) is 37.3 Å². The lowest BCUT2D eigenvalue weighted by molar-refractivity contribution is -0.146. The summed E-state index contributed by atoms with van der Waals surface area (Å²) in [6.45, 7) is 1.82. The summed E-state index contributed by atoms with van der Waals surface area (Å²) in [6, 6.07) is 8.72. The van der Waals surface area contributed by atoms with Crippen LogP contribution in [-0.2, 0) is 14.3 Å². The summed E-state index contributed by atoms with van der Waals surface area (Å²) < 4.78 is 16.9. The Morgan fingerprint density at radius 2 is 2.00 bits per heavy atom. The van der Waals surface area contributed by atoms with Crippen molar-refractivity contribution in [3.8, 4) is 11.5 Å². The molecule has 2 unspecified atom stereocenters. The highest BCUT2D eigenvalue weighted by Gasteiger charge is 2.35. The number of amides is 1. The van der Waals surface area contributed by atoms with Crippen LogP contribution in [0.15, 0.2) is 30.3 Å². The third kappa shape index (κ3) is 3.76. The molecule has 0 aliphatic carbocycles. The molecule has 3 rings (SSSR count). The van der Waals surface area contributed by atoms with Crippen LogP contribution in [0, 0.1) is 6.92 Å². The fraction of sp³-hybridized carbons (Fsp3) is 0.300. The van der Waals surface area contributed by atoms with E-state index in [9.17, 15) is 14.7 Å². The molecule has 0 spiro atoms. The van der Waals surface area contributed by atoms with Gasteiger partial charge in [0.05, 0.1) is 20.6 Å². The van der Waals surface area contributed by atoms with Crippen LogP contribution in [0.1, 0.15) is 29.2 Å². The zero-order chi connectivity index (χ0) is 20.4. The standard InChI is InChI=1S/C20H20ClNO6/c1-10-7-14-12(8-13(10)21)18(28-16(9-17(23)24)20(25)22-14)11-5-4-6-15(26-2)19(11)27-3/h4-8,16,18H,9H2,1-3H3,(H,22,25)(H,23,24). The fourth-order valence-electron chi connectivity index (χ4n) is 3.19. The average Bonchev–Trinajstić information content (AvgIpc) is 2.78. The van der Waals surface area contributed by atoms with Crippen molar-refractivity contribution < 1.29 is 28.9 Å². The summed E-state index contributed by atoms with van der Waals surface area (Å²) in [4.78, 5) is 23.8. The van der Waals surface area contributed by atoms with Crippen LogP contribution >= 0.6 is 11.6 Å². The number of benzene rings is 2. The maximum Gasteiger partial charge on any atom is 0.306 e. The zero-order valence-corrected chi connectivity index (χ0v) is 16.4. The van der Waals surface area contributed by atoms with Gasteiger partial charge in [0, 0.05) is 21.8 Å². The molecule has 2 aromatic rings. The van der Waals surface area contributed by atoms with Gasteiger partial charge in [-0.15, -0.1) is 0 Å². The predicted molar refractivity (Wildman–Crippen MR) is 103 cm³/mol. The summed E-state index contributed by atoms with van der Waals surface area (Å²) in [5, 5.41) is 12.4. The summed E-state index contributed by atoms with van der Waals surface area (Å²) in [5.74, 6) is -0.755. The van der Waals surface area contributed by atoms with E-state index < -0.39 is 30.5 Å². The smallest absolute Gasteiger partial charge is 0.306 e. The van der Waals surface area contributed by atoms with Crippen molar-refractivity contribution in [2.45, 2.75) is 25.6 Å². The Morgan fingerprint density at radius 3 is 2.64 bits per heavy atom. The van der Waals surface area contributed by atoms with E-state index in [2.05, 4.69) is 5.32 Å². The Kier molecular flexibility index (Phi) is 5.76. The first-order valence-electron chi connectivity index (χ1n) is 8.54. The van der Waals surface area contributed by atoms with Crippen molar-refractivity contribution in [3.05, 3.63) is 52.0 Å². The third-order valence-electron chi connectivity index (χ3n) is 4.54. The number of carbonyl (C=O) groups excluding carboxylic acids is 1. The maximum absolute atomic E-state index is 12.6. The largest absolute Gasteiger partial charge is 0.493 e. The maximum atomic E-state index is 12.6. The van der Waals surface area contributed by atoms with E-state index in [4.69, 9.17) is 25.8 Å². The number of nitrogens with one attached hydrogen (secondary N) is 1. The number of ether oxygens (including phenoxy) is 3. The van der Waals surface area contributed by atoms with E-state index in [0.717, 1.165) is 5.56 Å². The van der Waals surface area contributed by atoms with Crippen molar-refractivity contribution in [1.29, 1.82) is 0 Å². The van der Waals surface area contributed by atoms with Crippen LogP contribution in [0.4, 0.5) is 5.69 Å². The second-order valence-corrected chi connectivity index (χ2v) is 6.77. The van der Waals surface area contributed by atoms with Crippen LogP contribution in [0.5, 0.6) is 11.5 Å². The van der Waals surface area contributed by atoms with E-state index in [-0.39, 0.29) is 0 Å². The molecule has 0 fully saturated rings. The molecule has 28 heavy (non-hydrogen) atoms. The van der Waals surface area contributed by atoms with Gasteiger partial charge in [0.15, 0.2) is 11.5 Å². The number of carboxylic acids is 1. The van der Waals surface area contributed by atoms with Gasteiger partial charge >= 0.3 is 5.97 Å². The van der Waals surface area contributed by atoms with Gasteiger partial charge in [0.2, 0.25) is 0 Å². The topological polar surface area (TPSA) is 94.1 Å². The molecule has 7 nitrogen and oxygen atoms in total. The second kappa shape index (κ2) is 8.08. The number of hydrogen-bond donors (Lipinski definition) is 2. The first-order valence-corrected chi connectivity index (χ1v) is 8.92. The molecular formula is C20H20ClNO6. The molecule has 2 N–H and O–H groups in total. The molecule has 1 amide bonds. The molecule has 1 aliphatic heterocycles. The number of carboxylic acid groups (broad SMARTS) is 1. The Morgan fingerprint density at radius 1 is 1.25 bits per heavy atom. The summed E-state index contributed by atoms with van der Waals surface area (Å²) in [5.41, 5.74) is 2.47. The lowest BCUT2D eigenvalue weighted by atomic mass is 9.97. The number of aliphatic carboxylic acids is 1. The molecule has 0 saturated carbocycles. The predicted octanol–water partition coefficient (Wildman–Crippen LogP) is 3.57. The van der Waals surface area contributed by atoms with E-state index in [1.54, 1.807) is 30.3 Å². The van der Waals surface area contributed by atoms with Gasteiger partial charge in [-0.3, -0.25) is 9.59 Å². The number of para-hydroxylation sites is 1. The van der Waals surface area contributed by atoms with E-state index >= 15 is 0 Å². The Labute approximate surface area is 167 Å². The number of anilines is 1. The second-order valence-electron chi connectivity index (χ2n) is 6.36. The highest BCUT2D eigenvalue weighted by molar-refractivity contribution is 6.31. The normalized spacial score (nSPS) is 18.6. The van der Waals surface area contributed by atoms with Crippen LogP contribution < -0.4 is 14.8 Å². The number of methoxy groups -OCH3 is 2. The average molecular weight is 406 g/mol. The summed E-state index contributed by atoms with van der Waals surface area (Å²) in [6.07, 6.45) is -2.46. The van der Waals surface area contributed by atoms with Crippen molar-refractivity contribution in [1.82, 2.24) is 0 Å². The Balaban J connectivity index is 2.21. The summed E-state index contributed by atoms with van der Waals surface area (Å²) >= 11 is 6.32. The minimum atomic E-state index is -1.19. The first kappa shape index (κ1) is 20.0. The minimum Gasteiger partial charge on any atom is -0.493 e. The van der Waals surface area contributed by atoms with Gasteiger partial charge in [0.1, 0.15) is 12.2 Å². The van der Waals surface area contributed by atoms with Gasteiger partial charge in [-0.25, -0.2) is 0 Å². The monoisotopic (exact) mass is 405 g/mol. The number of rotatable bonds is 5. The van der Waals surface area contributed by atoms with Gasteiger partial charge in [-0.05, 0) is 30.7 Å². The highest BCUT2D eigenvalue weighted by Crippen LogP contribution is 2.44. The lowest BCUT2D eigenvalue weighted by Gasteiger charge is -2.24. The SMILES string of the molecule is COc1cccc(C2OC(CC(=O)O)C(=O)Nc3cc(C)c(Cl)cc32)c1OC. The lowest BCUT2D eigenvalue weighted by Crippen LogP contribution is -2.31. The van der Waals surface area contributed by atoms with E-state index in [1.807, 2.05) is 6.92 Å². The molecule has 2 aromatic carbocycles. The molecule has 0 bridgehead atoms. The van der Waals surface area contributed by atoms with Gasteiger partial charge in [-0.1, -0.05) is 23.7 Å². The number of halogens is 1. The molecule has 1 heterocycles. The van der Waals surface area contributed by atoms with Crippen LogP contribution in [0.3, 0.4) is 0 Å². The molecule has 2 atom stereocenters. The van der Waals surface area contributed by atoms with Crippen LogP contribution in [0.2, 0.25) is 5.02 Å². The quantitative estimate of drug-likeness (QED) is 0.789. The number of fused-ring (bicyclic) bond motifs is 1. The van der Waals surface area contributed by atoms with Crippen molar-refractivity contribution >= 4 is 29.2 Å². The molecule has 8 heteroatoms. The first-order chi connectivity index (χ1) is 13.3. The van der Waals surface area contributed by atoms with Crippen molar-refractivity contribution in [2.24, 2.45) is 0 Å². The number of hydrogen-bond acceptors (Lipinski definition) is 5. The van der Waals surface area contributed by atoms with Gasteiger partial charge < -0.3 is 24.6 Å². The zero-order valence-electron chi connectivity index (χ0n) is 15.6. The molecular weight excluding hydrogens is 386 g/mol. The van der Waals surface area contributed by atoms with Gasteiger partial charge in [0.25, 0.3) is 5.91 Å². The van der Waals surface area contributed by atoms with Crippen molar-refractivity contribution in [2.75, 3.05) is 19.5 Å². The van der Waals surface area contributed by atoms with Crippen molar-refractivity contribution in [3.63, 3.8) is 0 Å². The summed E-state index contributed by atoms with van der Waals surface area (Å²) in [7, 11) is 3.02. The van der Waals surface area contributed by atoms with E-state index in [1.165, 1.54) is 14.2 Å². The highest BCUT2D eigenvalue weighted by atomic mass is 35.5.